The van der Waals surface area contributed by atoms with Crippen LogP contribution in [0.4, 0.5) is 0 Å². The molecule has 2 N–H and O–H groups in total. The van der Waals surface area contributed by atoms with Gasteiger partial charge in [-0.05, 0) is 23.6 Å². The number of hydrogen-bond acceptors (Lipinski definition) is 3. The Labute approximate surface area is 95.0 Å². The fourth-order valence-electron chi connectivity index (χ4n) is 1.86. The Hall–Kier alpha value is -1.55. The lowest BCUT2D eigenvalue weighted by molar-refractivity contribution is -0.121. The monoisotopic (exact) mass is 220 g/mol. The van der Waals surface area contributed by atoms with Crippen molar-refractivity contribution in [1.29, 1.82) is 0 Å². The zero-order valence-corrected chi connectivity index (χ0v) is 9.38. The van der Waals surface area contributed by atoms with Gasteiger partial charge in [0.05, 0.1) is 6.61 Å². The van der Waals surface area contributed by atoms with E-state index in [2.05, 4.69) is 16.9 Å². The summed E-state index contributed by atoms with van der Waals surface area (Å²) < 4.78 is 5.43. The van der Waals surface area contributed by atoms with Crippen molar-refractivity contribution in [1.82, 2.24) is 10.9 Å². The van der Waals surface area contributed by atoms with Crippen molar-refractivity contribution in [2.24, 2.45) is 0 Å². The van der Waals surface area contributed by atoms with E-state index in [1.54, 1.807) is 7.05 Å². The molecule has 1 amide bonds. The van der Waals surface area contributed by atoms with Gasteiger partial charge >= 0.3 is 0 Å². The molecule has 0 aliphatic carbocycles. The number of amides is 1. The summed E-state index contributed by atoms with van der Waals surface area (Å²) in [5.41, 5.74) is 7.63. The molecule has 0 spiro atoms. The first-order chi connectivity index (χ1) is 7.79. The SMILES string of the molecule is CNNC(=O)CCc1ccc2c(c1)CCO2. The van der Waals surface area contributed by atoms with E-state index in [1.807, 2.05) is 12.1 Å². The first-order valence-corrected chi connectivity index (χ1v) is 5.50. The van der Waals surface area contributed by atoms with Gasteiger partial charge in [-0.25, -0.2) is 5.43 Å². The van der Waals surface area contributed by atoms with Crippen molar-refractivity contribution in [2.45, 2.75) is 19.3 Å². The number of aryl methyl sites for hydroxylation is 1. The second kappa shape index (κ2) is 4.99. The molecule has 4 nitrogen and oxygen atoms in total. The van der Waals surface area contributed by atoms with Crippen LogP contribution in [0.25, 0.3) is 0 Å². The number of nitrogens with one attached hydrogen (secondary N) is 2. The Morgan fingerprint density at radius 3 is 3.19 bits per heavy atom. The van der Waals surface area contributed by atoms with Crippen LogP contribution in [0, 0.1) is 0 Å². The van der Waals surface area contributed by atoms with Crippen LogP contribution in [0.15, 0.2) is 18.2 Å². The lowest BCUT2D eigenvalue weighted by Gasteiger charge is -2.05. The van der Waals surface area contributed by atoms with Gasteiger partial charge < -0.3 is 4.74 Å². The van der Waals surface area contributed by atoms with E-state index >= 15 is 0 Å². The third-order valence-corrected chi connectivity index (χ3v) is 2.66. The van der Waals surface area contributed by atoms with Crippen molar-refractivity contribution in [2.75, 3.05) is 13.7 Å². The van der Waals surface area contributed by atoms with Crippen LogP contribution in [0.1, 0.15) is 17.5 Å². The molecule has 1 aliphatic heterocycles. The molecule has 1 aliphatic rings. The summed E-state index contributed by atoms with van der Waals surface area (Å²) in [6, 6.07) is 6.15. The predicted octanol–water partition coefficient (Wildman–Crippen LogP) is 0.805. The van der Waals surface area contributed by atoms with E-state index in [9.17, 15) is 4.79 Å². The molecule has 86 valence electrons. The number of carbonyl (C=O) groups is 1. The van der Waals surface area contributed by atoms with Crippen LogP contribution in [0.2, 0.25) is 0 Å². The summed E-state index contributed by atoms with van der Waals surface area (Å²) in [4.78, 5) is 11.3. The van der Waals surface area contributed by atoms with Crippen LogP contribution in [-0.2, 0) is 17.6 Å². The zero-order chi connectivity index (χ0) is 11.4. The van der Waals surface area contributed by atoms with Gasteiger partial charge in [0.2, 0.25) is 5.91 Å². The Bertz CT molecular complexity index is 391. The average molecular weight is 220 g/mol. The van der Waals surface area contributed by atoms with E-state index in [0.29, 0.717) is 6.42 Å². The fourth-order valence-corrected chi connectivity index (χ4v) is 1.86. The molecule has 0 atom stereocenters. The number of benzene rings is 1. The summed E-state index contributed by atoms with van der Waals surface area (Å²) in [5.74, 6) is 1.00. The summed E-state index contributed by atoms with van der Waals surface area (Å²) >= 11 is 0. The molecule has 0 bridgehead atoms. The number of fused-ring (bicyclic) bond motifs is 1. The summed E-state index contributed by atoms with van der Waals surface area (Å²) in [5, 5.41) is 0. The maximum atomic E-state index is 11.3. The molecule has 2 rings (SSSR count). The molecule has 1 aromatic carbocycles. The minimum absolute atomic E-state index is 0.0132. The third kappa shape index (κ3) is 2.52. The first-order valence-electron chi connectivity index (χ1n) is 5.50. The number of rotatable bonds is 4. The van der Waals surface area contributed by atoms with E-state index < -0.39 is 0 Å². The van der Waals surface area contributed by atoms with Gasteiger partial charge in [-0.2, -0.15) is 0 Å². The lowest BCUT2D eigenvalue weighted by atomic mass is 10.0. The molecule has 0 aromatic heterocycles. The van der Waals surface area contributed by atoms with E-state index in [1.165, 1.54) is 11.1 Å². The van der Waals surface area contributed by atoms with Crippen molar-refractivity contribution in [3.05, 3.63) is 29.3 Å². The predicted molar refractivity (Wildman–Crippen MR) is 61.2 cm³/mol. The highest BCUT2D eigenvalue weighted by molar-refractivity contribution is 5.75. The van der Waals surface area contributed by atoms with Gasteiger partial charge in [-0.1, -0.05) is 12.1 Å². The molecule has 0 fully saturated rings. The molecular formula is C12H16N2O2. The van der Waals surface area contributed by atoms with Crippen LogP contribution < -0.4 is 15.6 Å². The van der Waals surface area contributed by atoms with Crippen molar-refractivity contribution in [3.63, 3.8) is 0 Å². The van der Waals surface area contributed by atoms with E-state index in [4.69, 9.17) is 4.74 Å². The topological polar surface area (TPSA) is 50.4 Å². The Morgan fingerprint density at radius 1 is 1.50 bits per heavy atom. The Morgan fingerprint density at radius 2 is 2.38 bits per heavy atom. The second-order valence-corrected chi connectivity index (χ2v) is 3.84. The molecule has 1 aromatic rings. The van der Waals surface area contributed by atoms with Crippen molar-refractivity contribution >= 4 is 5.91 Å². The van der Waals surface area contributed by atoms with Crippen LogP contribution >= 0.6 is 0 Å². The van der Waals surface area contributed by atoms with Gasteiger partial charge in [-0.15, -0.1) is 0 Å². The Balaban J connectivity index is 1.93. The largest absolute Gasteiger partial charge is 0.493 e. The quantitative estimate of drug-likeness (QED) is 0.738. The minimum atomic E-state index is 0.0132. The summed E-state index contributed by atoms with van der Waals surface area (Å²) in [6.45, 7) is 0.777. The first kappa shape index (κ1) is 11.0. The number of carbonyl (C=O) groups excluding carboxylic acids is 1. The zero-order valence-electron chi connectivity index (χ0n) is 9.38. The highest BCUT2D eigenvalue weighted by atomic mass is 16.5. The van der Waals surface area contributed by atoms with Crippen LogP contribution in [0.3, 0.4) is 0 Å². The summed E-state index contributed by atoms with van der Waals surface area (Å²) in [6.07, 6.45) is 2.24. The molecular weight excluding hydrogens is 204 g/mol. The van der Waals surface area contributed by atoms with E-state index in [-0.39, 0.29) is 5.91 Å². The third-order valence-electron chi connectivity index (χ3n) is 2.66. The molecule has 1 heterocycles. The standard InChI is InChI=1S/C12H16N2O2/c1-13-14-12(15)5-3-9-2-4-11-10(8-9)6-7-16-11/h2,4,8,13H,3,5-7H2,1H3,(H,14,15). The van der Waals surface area contributed by atoms with Crippen molar-refractivity contribution in [3.8, 4) is 5.75 Å². The molecule has 0 radical (unpaired) electrons. The number of hydrazine groups is 1. The number of ether oxygens (including phenoxy) is 1. The highest BCUT2D eigenvalue weighted by Crippen LogP contribution is 2.26. The van der Waals surface area contributed by atoms with Gasteiger partial charge in [0.15, 0.2) is 0 Å². The molecule has 0 saturated carbocycles. The maximum Gasteiger partial charge on any atom is 0.234 e. The van der Waals surface area contributed by atoms with Gasteiger partial charge in [0, 0.05) is 19.9 Å². The summed E-state index contributed by atoms with van der Waals surface area (Å²) in [7, 11) is 1.69. The fraction of sp³-hybridized carbons (Fsp3) is 0.417. The average Bonchev–Trinajstić information content (AvgIpc) is 2.74. The molecule has 0 saturated heterocycles. The molecule has 0 unspecified atom stereocenters. The van der Waals surface area contributed by atoms with Gasteiger partial charge in [-0.3, -0.25) is 10.2 Å². The molecule has 4 heteroatoms. The van der Waals surface area contributed by atoms with Crippen LogP contribution in [0.5, 0.6) is 5.75 Å². The smallest absolute Gasteiger partial charge is 0.234 e. The number of hydrogen-bond donors (Lipinski definition) is 2. The molecule has 16 heavy (non-hydrogen) atoms. The maximum absolute atomic E-state index is 11.3. The minimum Gasteiger partial charge on any atom is -0.493 e. The van der Waals surface area contributed by atoms with Gasteiger partial charge in [0.25, 0.3) is 0 Å². The normalized spacial score (nSPS) is 13.1. The van der Waals surface area contributed by atoms with Crippen molar-refractivity contribution < 1.29 is 9.53 Å². The van der Waals surface area contributed by atoms with Crippen LogP contribution in [-0.4, -0.2) is 19.6 Å². The lowest BCUT2D eigenvalue weighted by Crippen LogP contribution is -2.34. The van der Waals surface area contributed by atoms with E-state index in [0.717, 1.165) is 25.2 Å². The highest BCUT2D eigenvalue weighted by Gasteiger charge is 2.12. The van der Waals surface area contributed by atoms with Gasteiger partial charge in [0.1, 0.15) is 5.75 Å². The second-order valence-electron chi connectivity index (χ2n) is 3.84. The Kier molecular flexibility index (Phi) is 3.41.